The van der Waals surface area contributed by atoms with Crippen LogP contribution in [0.2, 0.25) is 0 Å². The van der Waals surface area contributed by atoms with Crippen LogP contribution in [0.5, 0.6) is 0 Å². The largest absolute Gasteiger partial charge is 0.465 e. The summed E-state index contributed by atoms with van der Waals surface area (Å²) >= 11 is 0. The second-order valence-electron chi connectivity index (χ2n) is 6.52. The van der Waals surface area contributed by atoms with Crippen molar-refractivity contribution in [2.75, 3.05) is 6.61 Å². The summed E-state index contributed by atoms with van der Waals surface area (Å²) in [7, 11) is 0. The predicted octanol–water partition coefficient (Wildman–Crippen LogP) is 6.13. The molecule has 0 fully saturated rings. The lowest BCUT2D eigenvalue weighted by Crippen LogP contribution is -2.20. The number of unbranched alkanes of at least 4 members (excludes halogenated alkanes) is 5. The Morgan fingerprint density at radius 3 is 2.14 bits per heavy atom. The van der Waals surface area contributed by atoms with E-state index in [0.29, 0.717) is 24.9 Å². The maximum Gasteiger partial charge on any atom is 0.305 e. The highest BCUT2D eigenvalue weighted by Gasteiger charge is 2.18. The van der Waals surface area contributed by atoms with Crippen LogP contribution < -0.4 is 0 Å². The van der Waals surface area contributed by atoms with Gasteiger partial charge in [-0.2, -0.15) is 0 Å². The van der Waals surface area contributed by atoms with Gasteiger partial charge >= 0.3 is 5.97 Å². The van der Waals surface area contributed by atoms with E-state index in [1.54, 1.807) is 0 Å². The van der Waals surface area contributed by atoms with Crippen LogP contribution in [-0.4, -0.2) is 12.6 Å². The normalized spacial score (nSPS) is 13.9. The van der Waals surface area contributed by atoms with Gasteiger partial charge < -0.3 is 4.74 Å². The van der Waals surface area contributed by atoms with E-state index < -0.39 is 0 Å². The molecular formula is C19H38O2. The molecule has 0 spiro atoms. The lowest BCUT2D eigenvalue weighted by Gasteiger charge is -2.23. The van der Waals surface area contributed by atoms with Gasteiger partial charge in [-0.1, -0.05) is 79.1 Å². The Morgan fingerprint density at radius 1 is 0.857 bits per heavy atom. The Balaban J connectivity index is 3.86. The molecule has 0 heterocycles. The third kappa shape index (κ3) is 11.8. The first-order chi connectivity index (χ1) is 10.2. The molecule has 2 atom stereocenters. The number of ether oxygens (including phenoxy) is 1. The van der Waals surface area contributed by atoms with Gasteiger partial charge in [0, 0.05) is 6.42 Å². The van der Waals surface area contributed by atoms with Crippen molar-refractivity contribution in [1.82, 2.24) is 0 Å². The summed E-state index contributed by atoms with van der Waals surface area (Å²) < 4.78 is 5.53. The van der Waals surface area contributed by atoms with Crippen LogP contribution >= 0.6 is 0 Å². The lowest BCUT2D eigenvalue weighted by molar-refractivity contribution is -0.145. The fraction of sp³-hybridized carbons (Fsp3) is 0.947. The van der Waals surface area contributed by atoms with E-state index in [1.807, 2.05) is 0 Å². The molecule has 0 amide bonds. The maximum absolute atomic E-state index is 11.8. The minimum Gasteiger partial charge on any atom is -0.465 e. The Kier molecular flexibility index (Phi) is 14.0. The summed E-state index contributed by atoms with van der Waals surface area (Å²) in [5.74, 6) is 1.23. The van der Waals surface area contributed by atoms with Gasteiger partial charge in [-0.25, -0.2) is 0 Å². The van der Waals surface area contributed by atoms with Crippen molar-refractivity contribution in [3.05, 3.63) is 0 Å². The smallest absolute Gasteiger partial charge is 0.305 e. The molecule has 0 bridgehead atoms. The lowest BCUT2D eigenvalue weighted by atomic mass is 9.87. The van der Waals surface area contributed by atoms with E-state index in [4.69, 9.17) is 4.74 Å². The summed E-state index contributed by atoms with van der Waals surface area (Å²) in [6, 6.07) is 0. The maximum atomic E-state index is 11.8. The van der Waals surface area contributed by atoms with E-state index in [9.17, 15) is 4.79 Å². The first-order valence-corrected chi connectivity index (χ1v) is 9.31. The quantitative estimate of drug-likeness (QED) is 0.285. The Morgan fingerprint density at radius 2 is 1.52 bits per heavy atom. The van der Waals surface area contributed by atoms with E-state index in [2.05, 4.69) is 27.7 Å². The van der Waals surface area contributed by atoms with Gasteiger partial charge in [0.25, 0.3) is 0 Å². The van der Waals surface area contributed by atoms with E-state index >= 15 is 0 Å². The summed E-state index contributed by atoms with van der Waals surface area (Å²) in [4.78, 5) is 11.8. The first kappa shape index (κ1) is 20.5. The van der Waals surface area contributed by atoms with Gasteiger partial charge in [0.1, 0.15) is 0 Å². The van der Waals surface area contributed by atoms with Crippen LogP contribution in [0, 0.1) is 11.8 Å². The van der Waals surface area contributed by atoms with E-state index in [-0.39, 0.29) is 5.97 Å². The molecule has 0 saturated carbocycles. The third-order valence-corrected chi connectivity index (χ3v) is 4.42. The van der Waals surface area contributed by atoms with Crippen molar-refractivity contribution < 1.29 is 9.53 Å². The molecule has 0 aliphatic heterocycles. The molecular weight excluding hydrogens is 260 g/mol. The van der Waals surface area contributed by atoms with Crippen molar-refractivity contribution in [2.45, 2.75) is 98.3 Å². The molecule has 0 N–H and O–H groups in total. The molecule has 126 valence electrons. The number of carbonyl (C=O) groups is 1. The standard InChI is InChI=1S/C19H38O2/c1-5-8-10-11-12-15-19(20)21-16-18(13-7-3)17(4)14-9-6-2/h17-18H,5-16H2,1-4H3. The van der Waals surface area contributed by atoms with Gasteiger partial charge in [0.2, 0.25) is 0 Å². The molecule has 2 unspecified atom stereocenters. The molecule has 0 aromatic carbocycles. The Hall–Kier alpha value is -0.530. The molecule has 0 aromatic heterocycles. The van der Waals surface area contributed by atoms with Crippen LogP contribution in [0.4, 0.5) is 0 Å². The van der Waals surface area contributed by atoms with Gasteiger partial charge in [0.15, 0.2) is 0 Å². The van der Waals surface area contributed by atoms with Crippen molar-refractivity contribution in [1.29, 1.82) is 0 Å². The topological polar surface area (TPSA) is 26.3 Å². The highest BCUT2D eigenvalue weighted by molar-refractivity contribution is 5.69. The fourth-order valence-corrected chi connectivity index (χ4v) is 2.81. The molecule has 21 heavy (non-hydrogen) atoms. The number of hydrogen-bond acceptors (Lipinski definition) is 2. The number of rotatable bonds is 14. The summed E-state index contributed by atoms with van der Waals surface area (Å²) in [6.07, 6.45) is 12.7. The van der Waals surface area contributed by atoms with Crippen molar-refractivity contribution >= 4 is 5.97 Å². The molecule has 2 nitrogen and oxygen atoms in total. The average molecular weight is 299 g/mol. The zero-order valence-electron chi connectivity index (χ0n) is 15.0. The Labute approximate surface area is 133 Å². The van der Waals surface area contributed by atoms with Crippen molar-refractivity contribution in [2.24, 2.45) is 11.8 Å². The Bertz CT molecular complexity index is 238. The van der Waals surface area contributed by atoms with Crippen LogP contribution in [0.25, 0.3) is 0 Å². The molecule has 2 heteroatoms. The zero-order chi connectivity index (χ0) is 15.9. The zero-order valence-corrected chi connectivity index (χ0v) is 15.0. The van der Waals surface area contributed by atoms with Crippen LogP contribution in [0.15, 0.2) is 0 Å². The highest BCUT2D eigenvalue weighted by Crippen LogP contribution is 2.23. The fourth-order valence-electron chi connectivity index (χ4n) is 2.81. The van der Waals surface area contributed by atoms with Gasteiger partial charge in [-0.15, -0.1) is 0 Å². The molecule has 0 aliphatic carbocycles. The number of esters is 1. The van der Waals surface area contributed by atoms with Crippen LogP contribution in [0.3, 0.4) is 0 Å². The van der Waals surface area contributed by atoms with Crippen LogP contribution in [-0.2, 0) is 9.53 Å². The van der Waals surface area contributed by atoms with Crippen molar-refractivity contribution in [3.63, 3.8) is 0 Å². The van der Waals surface area contributed by atoms with Gasteiger partial charge in [-0.3, -0.25) is 4.79 Å². The predicted molar refractivity (Wildman–Crippen MR) is 91.4 cm³/mol. The van der Waals surface area contributed by atoms with E-state index in [1.165, 1.54) is 51.4 Å². The van der Waals surface area contributed by atoms with E-state index in [0.717, 1.165) is 12.8 Å². The van der Waals surface area contributed by atoms with Crippen LogP contribution in [0.1, 0.15) is 98.3 Å². The molecule has 0 aliphatic rings. The minimum absolute atomic E-state index is 0.00953. The molecule has 0 radical (unpaired) electrons. The molecule has 0 rings (SSSR count). The van der Waals surface area contributed by atoms with Crippen molar-refractivity contribution in [3.8, 4) is 0 Å². The van der Waals surface area contributed by atoms with Gasteiger partial charge in [0.05, 0.1) is 6.61 Å². The number of carbonyl (C=O) groups excluding carboxylic acids is 1. The second kappa shape index (κ2) is 14.4. The SMILES string of the molecule is CCCCCCCC(=O)OCC(CCC)C(C)CCCC. The summed E-state index contributed by atoms with van der Waals surface area (Å²) in [5.41, 5.74) is 0. The average Bonchev–Trinajstić information content (AvgIpc) is 2.48. The second-order valence-corrected chi connectivity index (χ2v) is 6.52. The summed E-state index contributed by atoms with van der Waals surface area (Å²) in [5, 5.41) is 0. The monoisotopic (exact) mass is 298 g/mol. The molecule has 0 aromatic rings. The first-order valence-electron chi connectivity index (χ1n) is 9.31. The third-order valence-electron chi connectivity index (χ3n) is 4.42. The highest BCUT2D eigenvalue weighted by atomic mass is 16.5. The number of hydrogen-bond donors (Lipinski definition) is 0. The molecule has 0 saturated heterocycles. The minimum atomic E-state index is 0.00953. The summed E-state index contributed by atoms with van der Waals surface area (Å²) in [6.45, 7) is 9.61. The van der Waals surface area contributed by atoms with Gasteiger partial charge in [-0.05, 0) is 24.7 Å².